The van der Waals surface area contributed by atoms with Crippen LogP contribution in [0.2, 0.25) is 0 Å². The second-order valence-corrected chi connectivity index (χ2v) is 5.43. The second-order valence-electron chi connectivity index (χ2n) is 5.43. The fourth-order valence-corrected chi connectivity index (χ4v) is 3.32. The fraction of sp³-hybridized carbons (Fsp3) is 0.600. The summed E-state index contributed by atoms with van der Waals surface area (Å²) >= 11 is 0. The molecule has 0 radical (unpaired) electrons. The van der Waals surface area contributed by atoms with Gasteiger partial charge in [0.2, 0.25) is 0 Å². The Bertz CT molecular complexity index is 390. The Hall–Kier alpha value is -0.860. The maximum absolute atomic E-state index is 9.42. The molecular weight excluding hydrogens is 210 g/mol. The van der Waals surface area contributed by atoms with Gasteiger partial charge in [0.05, 0.1) is 6.61 Å². The molecule has 1 saturated heterocycles. The molecule has 2 nitrogen and oxygen atoms in total. The van der Waals surface area contributed by atoms with Crippen molar-refractivity contribution in [2.45, 2.75) is 37.6 Å². The first-order valence-corrected chi connectivity index (χ1v) is 6.81. The van der Waals surface area contributed by atoms with E-state index in [9.17, 15) is 5.11 Å². The van der Waals surface area contributed by atoms with Crippen LogP contribution in [-0.2, 0) is 6.42 Å². The van der Waals surface area contributed by atoms with Crippen LogP contribution in [0.5, 0.6) is 0 Å². The molecular formula is C15H21NO. The average molecular weight is 231 g/mol. The lowest BCUT2D eigenvalue weighted by molar-refractivity contribution is 0.0824. The number of aliphatic hydroxyl groups is 1. The minimum Gasteiger partial charge on any atom is -0.395 e. The molecule has 1 N–H and O–H groups in total. The third-order valence-corrected chi connectivity index (χ3v) is 4.38. The van der Waals surface area contributed by atoms with Gasteiger partial charge in [-0.15, -0.1) is 0 Å². The van der Waals surface area contributed by atoms with Crippen molar-refractivity contribution in [1.29, 1.82) is 0 Å². The highest BCUT2D eigenvalue weighted by atomic mass is 16.3. The molecule has 3 rings (SSSR count). The molecule has 1 aromatic rings. The molecule has 0 bridgehead atoms. The summed E-state index contributed by atoms with van der Waals surface area (Å²) in [5.41, 5.74) is 3.06. The van der Waals surface area contributed by atoms with Crippen LogP contribution in [0, 0.1) is 0 Å². The van der Waals surface area contributed by atoms with Crippen molar-refractivity contribution in [2.24, 2.45) is 0 Å². The SMILES string of the molecule is OCC1CCCCN1CC1Cc2ccccc21. The molecule has 0 saturated carbocycles. The summed E-state index contributed by atoms with van der Waals surface area (Å²) in [6.07, 6.45) is 4.98. The highest BCUT2D eigenvalue weighted by Gasteiger charge is 2.30. The van der Waals surface area contributed by atoms with Crippen molar-refractivity contribution in [3.8, 4) is 0 Å². The molecule has 2 atom stereocenters. The normalized spacial score (nSPS) is 28.5. The quantitative estimate of drug-likeness (QED) is 0.862. The Morgan fingerprint density at radius 1 is 1.24 bits per heavy atom. The zero-order valence-electron chi connectivity index (χ0n) is 10.3. The lowest BCUT2D eigenvalue weighted by Gasteiger charge is -2.40. The van der Waals surface area contributed by atoms with E-state index in [-0.39, 0.29) is 0 Å². The number of hydrogen-bond donors (Lipinski definition) is 1. The van der Waals surface area contributed by atoms with E-state index >= 15 is 0 Å². The first kappa shape index (κ1) is 11.2. The molecule has 2 unspecified atom stereocenters. The molecule has 1 aromatic carbocycles. The van der Waals surface area contributed by atoms with Crippen molar-refractivity contribution < 1.29 is 5.11 Å². The number of aliphatic hydroxyl groups excluding tert-OH is 1. The number of piperidine rings is 1. The smallest absolute Gasteiger partial charge is 0.0586 e. The van der Waals surface area contributed by atoms with Gasteiger partial charge in [-0.05, 0) is 36.9 Å². The van der Waals surface area contributed by atoms with Crippen molar-refractivity contribution in [2.75, 3.05) is 19.7 Å². The van der Waals surface area contributed by atoms with Crippen LogP contribution in [-0.4, -0.2) is 35.7 Å². The number of fused-ring (bicyclic) bond motifs is 1. The van der Waals surface area contributed by atoms with Crippen LogP contribution in [0.4, 0.5) is 0 Å². The van der Waals surface area contributed by atoms with Crippen LogP contribution in [0.25, 0.3) is 0 Å². The van der Waals surface area contributed by atoms with E-state index in [2.05, 4.69) is 29.2 Å². The monoisotopic (exact) mass is 231 g/mol. The molecule has 2 heteroatoms. The molecule has 0 amide bonds. The Morgan fingerprint density at radius 2 is 2.12 bits per heavy atom. The third-order valence-electron chi connectivity index (χ3n) is 4.38. The molecule has 17 heavy (non-hydrogen) atoms. The van der Waals surface area contributed by atoms with Crippen molar-refractivity contribution in [3.05, 3.63) is 35.4 Å². The van der Waals surface area contributed by atoms with Gasteiger partial charge in [0.25, 0.3) is 0 Å². The molecule has 1 heterocycles. The standard InChI is InChI=1S/C15H21NO/c17-11-14-6-3-4-8-16(14)10-13-9-12-5-1-2-7-15(12)13/h1-2,5,7,13-14,17H,3-4,6,8-11H2. The van der Waals surface area contributed by atoms with E-state index in [1.54, 1.807) is 0 Å². The van der Waals surface area contributed by atoms with Gasteiger partial charge in [-0.1, -0.05) is 30.7 Å². The Kier molecular flexibility index (Phi) is 3.17. The Morgan fingerprint density at radius 3 is 2.94 bits per heavy atom. The summed E-state index contributed by atoms with van der Waals surface area (Å²) in [6, 6.07) is 9.20. The summed E-state index contributed by atoms with van der Waals surface area (Å²) in [5, 5.41) is 9.42. The summed E-state index contributed by atoms with van der Waals surface area (Å²) in [4.78, 5) is 2.50. The highest BCUT2D eigenvalue weighted by Crippen LogP contribution is 2.36. The minimum absolute atomic E-state index is 0.328. The molecule has 1 aliphatic heterocycles. The van der Waals surface area contributed by atoms with E-state index in [1.165, 1.54) is 43.4 Å². The van der Waals surface area contributed by atoms with Gasteiger partial charge < -0.3 is 5.11 Å². The van der Waals surface area contributed by atoms with Gasteiger partial charge >= 0.3 is 0 Å². The third kappa shape index (κ3) is 2.12. The van der Waals surface area contributed by atoms with E-state index in [0.29, 0.717) is 18.6 Å². The van der Waals surface area contributed by atoms with E-state index in [1.807, 2.05) is 0 Å². The van der Waals surface area contributed by atoms with Crippen molar-refractivity contribution in [1.82, 2.24) is 4.90 Å². The summed E-state index contributed by atoms with van der Waals surface area (Å²) < 4.78 is 0. The predicted molar refractivity (Wildman–Crippen MR) is 69.2 cm³/mol. The molecule has 1 fully saturated rings. The summed E-state index contributed by atoms with van der Waals surface area (Å²) in [5.74, 6) is 0.707. The second kappa shape index (κ2) is 4.79. The molecule has 2 aliphatic rings. The molecule has 0 spiro atoms. The van der Waals surface area contributed by atoms with Crippen LogP contribution < -0.4 is 0 Å². The van der Waals surface area contributed by atoms with Gasteiger partial charge in [-0.25, -0.2) is 0 Å². The number of rotatable bonds is 3. The molecule has 0 aromatic heterocycles. The zero-order valence-corrected chi connectivity index (χ0v) is 10.3. The minimum atomic E-state index is 0.328. The summed E-state index contributed by atoms with van der Waals surface area (Å²) in [6.45, 7) is 2.64. The Balaban J connectivity index is 1.65. The van der Waals surface area contributed by atoms with Gasteiger partial charge in [0, 0.05) is 18.5 Å². The topological polar surface area (TPSA) is 23.5 Å². The first-order chi connectivity index (χ1) is 8.38. The molecule has 92 valence electrons. The number of benzene rings is 1. The van der Waals surface area contributed by atoms with E-state index in [0.717, 1.165) is 6.54 Å². The largest absolute Gasteiger partial charge is 0.395 e. The zero-order chi connectivity index (χ0) is 11.7. The number of hydrogen-bond acceptors (Lipinski definition) is 2. The number of nitrogens with zero attached hydrogens (tertiary/aromatic N) is 1. The fourth-order valence-electron chi connectivity index (χ4n) is 3.32. The predicted octanol–water partition coefficient (Wildman–Crippen LogP) is 2.17. The van der Waals surface area contributed by atoms with Crippen LogP contribution in [0.3, 0.4) is 0 Å². The van der Waals surface area contributed by atoms with Crippen molar-refractivity contribution >= 4 is 0 Å². The average Bonchev–Trinajstić information content (AvgIpc) is 2.36. The van der Waals surface area contributed by atoms with E-state index < -0.39 is 0 Å². The highest BCUT2D eigenvalue weighted by molar-refractivity contribution is 5.40. The Labute approximate surface area is 103 Å². The van der Waals surface area contributed by atoms with Gasteiger partial charge in [-0.3, -0.25) is 4.90 Å². The maximum atomic E-state index is 9.42. The van der Waals surface area contributed by atoms with Crippen LogP contribution in [0.1, 0.15) is 36.3 Å². The van der Waals surface area contributed by atoms with Crippen molar-refractivity contribution in [3.63, 3.8) is 0 Å². The van der Waals surface area contributed by atoms with Gasteiger partial charge in [0.1, 0.15) is 0 Å². The maximum Gasteiger partial charge on any atom is 0.0586 e. The summed E-state index contributed by atoms with van der Waals surface area (Å²) in [7, 11) is 0. The van der Waals surface area contributed by atoms with E-state index in [4.69, 9.17) is 0 Å². The first-order valence-electron chi connectivity index (χ1n) is 6.81. The molecule has 1 aliphatic carbocycles. The lowest BCUT2D eigenvalue weighted by atomic mass is 9.77. The van der Waals surface area contributed by atoms with Gasteiger partial charge in [-0.2, -0.15) is 0 Å². The van der Waals surface area contributed by atoms with Gasteiger partial charge in [0.15, 0.2) is 0 Å². The number of likely N-dealkylation sites (tertiary alicyclic amines) is 1. The van der Waals surface area contributed by atoms with Crippen LogP contribution >= 0.6 is 0 Å². The lowest BCUT2D eigenvalue weighted by Crippen LogP contribution is -2.45. The van der Waals surface area contributed by atoms with Crippen LogP contribution in [0.15, 0.2) is 24.3 Å².